The molecule has 162 valence electrons. The molecule has 0 amide bonds. The van der Waals surface area contributed by atoms with E-state index in [4.69, 9.17) is 9.47 Å². The third-order valence-corrected chi connectivity index (χ3v) is 7.90. The quantitative estimate of drug-likeness (QED) is 0.271. The number of hydrogen-bond acceptors (Lipinski definition) is 5. The van der Waals surface area contributed by atoms with Gasteiger partial charge in [0.25, 0.3) is 0 Å². The molecule has 2 rings (SSSR count). The van der Waals surface area contributed by atoms with Crippen LogP contribution in [0.3, 0.4) is 0 Å². The Kier molecular flexibility index (Phi) is 9.32. The van der Waals surface area contributed by atoms with Gasteiger partial charge < -0.3 is 14.0 Å². The molecule has 0 N–H and O–H groups in total. The van der Waals surface area contributed by atoms with Crippen LogP contribution in [0.25, 0.3) is 0 Å². The van der Waals surface area contributed by atoms with Gasteiger partial charge in [0, 0.05) is 6.16 Å². The molecular weight excluding hydrogens is 399 g/mol. The summed E-state index contributed by atoms with van der Waals surface area (Å²) in [6, 6.07) is 13.2. The highest BCUT2D eigenvalue weighted by atomic mass is 31.2. The van der Waals surface area contributed by atoms with Gasteiger partial charge in [-0.05, 0) is 30.7 Å². The lowest BCUT2D eigenvalue weighted by Gasteiger charge is -2.18. The molecule has 0 aliphatic heterocycles. The van der Waals surface area contributed by atoms with E-state index < -0.39 is 18.2 Å². The van der Waals surface area contributed by atoms with Gasteiger partial charge in [-0.3, -0.25) is 9.59 Å². The minimum Gasteiger partial charge on any atom is -0.496 e. The van der Waals surface area contributed by atoms with Crippen LogP contribution in [0.4, 0.5) is 0 Å². The molecule has 0 aliphatic carbocycles. The lowest BCUT2D eigenvalue weighted by Crippen LogP contribution is -2.15. The summed E-state index contributed by atoms with van der Waals surface area (Å²) >= 11 is 0. The standard InChI is InChI=1S/C24H31O5P/c1-4-5-6-7-8-13-18-30(27,23(25)19-14-9-11-16-21(19)28-2)24(26)20-15-10-12-17-22(20)29-3/h9-12,14-17H,4-8,13,18H2,1-3H3. The molecule has 2 aromatic carbocycles. The minimum absolute atomic E-state index is 0.0485. The first kappa shape index (κ1) is 23.9. The number of benzene rings is 2. The molecule has 0 heterocycles. The molecule has 30 heavy (non-hydrogen) atoms. The molecule has 0 fully saturated rings. The highest BCUT2D eigenvalue weighted by molar-refractivity contribution is 7.95. The number of methoxy groups -OCH3 is 2. The summed E-state index contributed by atoms with van der Waals surface area (Å²) in [5.74, 6) is 0.636. The van der Waals surface area contributed by atoms with Crippen molar-refractivity contribution in [2.75, 3.05) is 20.4 Å². The second kappa shape index (κ2) is 11.7. The van der Waals surface area contributed by atoms with Gasteiger partial charge in [0.15, 0.2) is 0 Å². The molecule has 0 saturated heterocycles. The van der Waals surface area contributed by atoms with Crippen LogP contribution in [0.5, 0.6) is 11.5 Å². The van der Waals surface area contributed by atoms with E-state index in [9.17, 15) is 14.2 Å². The first-order valence-electron chi connectivity index (χ1n) is 10.4. The monoisotopic (exact) mass is 430 g/mol. The maximum Gasteiger partial charge on any atom is 0.232 e. The van der Waals surface area contributed by atoms with E-state index in [2.05, 4.69) is 6.92 Å². The lowest BCUT2D eigenvalue weighted by molar-refractivity contribution is 0.103. The lowest BCUT2D eigenvalue weighted by atomic mass is 10.1. The summed E-state index contributed by atoms with van der Waals surface area (Å²) in [7, 11) is -1.02. The third kappa shape index (κ3) is 5.60. The summed E-state index contributed by atoms with van der Waals surface area (Å²) in [4.78, 5) is 26.8. The fourth-order valence-electron chi connectivity index (χ4n) is 3.44. The van der Waals surface area contributed by atoms with E-state index in [-0.39, 0.29) is 17.3 Å². The molecule has 0 bridgehead atoms. The summed E-state index contributed by atoms with van der Waals surface area (Å²) in [5.41, 5.74) is -0.941. The van der Waals surface area contributed by atoms with Gasteiger partial charge in [-0.2, -0.15) is 0 Å². The van der Waals surface area contributed by atoms with E-state index in [1.54, 1.807) is 48.5 Å². The van der Waals surface area contributed by atoms with Crippen molar-refractivity contribution >= 4 is 18.2 Å². The first-order chi connectivity index (χ1) is 14.5. The maximum absolute atomic E-state index is 14.0. The molecule has 0 saturated carbocycles. The van der Waals surface area contributed by atoms with Gasteiger partial charge in [0.05, 0.1) is 25.3 Å². The molecule has 0 radical (unpaired) electrons. The topological polar surface area (TPSA) is 69.7 Å². The largest absolute Gasteiger partial charge is 0.496 e. The van der Waals surface area contributed by atoms with E-state index in [0.29, 0.717) is 17.9 Å². The fraction of sp³-hybridized carbons (Fsp3) is 0.417. The van der Waals surface area contributed by atoms with E-state index >= 15 is 0 Å². The summed E-state index contributed by atoms with van der Waals surface area (Å²) in [6.45, 7) is 2.14. The normalized spacial score (nSPS) is 11.2. The maximum atomic E-state index is 14.0. The Morgan fingerprint density at radius 2 is 1.17 bits per heavy atom. The van der Waals surface area contributed by atoms with Crippen LogP contribution in [-0.2, 0) is 4.57 Å². The van der Waals surface area contributed by atoms with Crippen molar-refractivity contribution in [1.82, 2.24) is 0 Å². The zero-order valence-corrected chi connectivity index (χ0v) is 19.0. The van der Waals surface area contributed by atoms with Crippen molar-refractivity contribution in [3.63, 3.8) is 0 Å². The number of ether oxygens (including phenoxy) is 2. The zero-order valence-electron chi connectivity index (χ0n) is 18.1. The van der Waals surface area contributed by atoms with Crippen LogP contribution in [0, 0.1) is 0 Å². The van der Waals surface area contributed by atoms with Crippen LogP contribution in [0.1, 0.15) is 66.2 Å². The zero-order chi connectivity index (χ0) is 22.0. The Balaban J connectivity index is 2.38. The number of para-hydroxylation sites is 2. The molecule has 0 atom stereocenters. The van der Waals surface area contributed by atoms with Gasteiger partial charge in [0.2, 0.25) is 18.2 Å². The molecule has 0 aromatic heterocycles. The molecular formula is C24H31O5P. The smallest absolute Gasteiger partial charge is 0.232 e. The Bertz CT molecular complexity index is 842. The highest BCUT2D eigenvalue weighted by Gasteiger charge is 2.42. The van der Waals surface area contributed by atoms with Gasteiger partial charge in [-0.1, -0.05) is 63.3 Å². The Labute approximate surface area is 179 Å². The Morgan fingerprint density at radius 1 is 0.733 bits per heavy atom. The van der Waals surface area contributed by atoms with E-state index in [1.165, 1.54) is 14.2 Å². The fourth-order valence-corrected chi connectivity index (χ4v) is 5.85. The van der Waals surface area contributed by atoms with Crippen LogP contribution in [0.2, 0.25) is 0 Å². The number of rotatable bonds is 13. The van der Waals surface area contributed by atoms with Crippen LogP contribution < -0.4 is 9.47 Å². The number of carbonyl (C=O) groups is 2. The number of hydrogen-bond donors (Lipinski definition) is 0. The molecule has 6 heteroatoms. The summed E-state index contributed by atoms with van der Waals surface area (Å²) < 4.78 is 24.6. The van der Waals surface area contributed by atoms with Crippen LogP contribution in [-0.4, -0.2) is 31.4 Å². The average Bonchev–Trinajstić information content (AvgIpc) is 2.80. The second-order valence-electron chi connectivity index (χ2n) is 7.24. The molecule has 0 spiro atoms. The van der Waals surface area contributed by atoms with Gasteiger partial charge >= 0.3 is 0 Å². The molecule has 2 aromatic rings. The van der Waals surface area contributed by atoms with Crippen molar-refractivity contribution in [2.24, 2.45) is 0 Å². The van der Waals surface area contributed by atoms with Crippen molar-refractivity contribution in [3.05, 3.63) is 59.7 Å². The molecule has 5 nitrogen and oxygen atoms in total. The first-order valence-corrected chi connectivity index (χ1v) is 12.3. The van der Waals surface area contributed by atoms with Crippen molar-refractivity contribution < 1.29 is 23.6 Å². The van der Waals surface area contributed by atoms with Crippen LogP contribution >= 0.6 is 7.14 Å². The summed E-state index contributed by atoms with van der Waals surface area (Å²) in [6.07, 6.45) is 5.83. The van der Waals surface area contributed by atoms with Crippen molar-refractivity contribution in [1.29, 1.82) is 0 Å². The van der Waals surface area contributed by atoms with Gasteiger partial charge in [0.1, 0.15) is 11.5 Å². The predicted octanol–water partition coefficient (Wildman–Crippen LogP) is 6.41. The van der Waals surface area contributed by atoms with Crippen LogP contribution in [0.15, 0.2) is 48.5 Å². The third-order valence-electron chi connectivity index (χ3n) is 5.16. The molecule has 0 unspecified atom stereocenters. The van der Waals surface area contributed by atoms with Crippen molar-refractivity contribution in [3.8, 4) is 11.5 Å². The Hall–Kier alpha value is -2.39. The van der Waals surface area contributed by atoms with E-state index in [1.807, 2.05) is 0 Å². The summed E-state index contributed by atoms with van der Waals surface area (Å²) in [5, 5.41) is 0. The van der Waals surface area contributed by atoms with Crippen molar-refractivity contribution in [2.45, 2.75) is 45.4 Å². The minimum atomic E-state index is -3.92. The predicted molar refractivity (Wildman–Crippen MR) is 120 cm³/mol. The highest BCUT2D eigenvalue weighted by Crippen LogP contribution is 2.54. The average molecular weight is 430 g/mol. The van der Waals surface area contributed by atoms with E-state index in [0.717, 1.165) is 32.1 Å². The Morgan fingerprint density at radius 3 is 1.63 bits per heavy atom. The van der Waals surface area contributed by atoms with Gasteiger partial charge in [-0.25, -0.2) is 0 Å². The SMILES string of the molecule is CCCCCCCCP(=O)(C(=O)c1ccccc1OC)C(=O)c1ccccc1OC. The van der Waals surface area contributed by atoms with Gasteiger partial charge in [-0.15, -0.1) is 0 Å². The number of carbonyl (C=O) groups excluding carboxylic acids is 2. The molecule has 0 aliphatic rings. The number of unbranched alkanes of at least 4 members (excludes halogenated alkanes) is 5. The second-order valence-corrected chi connectivity index (χ2v) is 9.98.